The average Bonchev–Trinajstić information content (AvgIpc) is 2.86. The lowest BCUT2D eigenvalue weighted by molar-refractivity contribution is -0.121. The van der Waals surface area contributed by atoms with Crippen LogP contribution < -0.4 is 5.73 Å². The number of primary amides is 1. The molecule has 92 valence electrons. The van der Waals surface area contributed by atoms with E-state index in [0.717, 1.165) is 22.7 Å². The first-order valence-electron chi connectivity index (χ1n) is 5.67. The van der Waals surface area contributed by atoms with Gasteiger partial charge >= 0.3 is 0 Å². The summed E-state index contributed by atoms with van der Waals surface area (Å²) in [6.07, 6.45) is 0.770. The van der Waals surface area contributed by atoms with E-state index < -0.39 is 0 Å². The topological polar surface area (TPSA) is 63.4 Å². The summed E-state index contributed by atoms with van der Waals surface area (Å²) in [5.41, 5.74) is 5.26. The van der Waals surface area contributed by atoms with Crippen molar-refractivity contribution in [1.82, 2.24) is 4.90 Å². The number of nitrogens with two attached hydrogens (primary N) is 1. The van der Waals surface area contributed by atoms with Crippen molar-refractivity contribution in [1.29, 1.82) is 0 Å². The molecular weight excluding hydrogens is 236 g/mol. The Balaban J connectivity index is 1.90. The van der Waals surface area contributed by atoms with Gasteiger partial charge in [-0.2, -0.15) is 0 Å². The van der Waals surface area contributed by atoms with Gasteiger partial charge in [0.1, 0.15) is 0 Å². The number of ketones is 1. The Morgan fingerprint density at radius 1 is 1.53 bits per heavy atom. The number of thiophene rings is 1. The molecule has 0 bridgehead atoms. The molecule has 0 saturated carbocycles. The van der Waals surface area contributed by atoms with Crippen LogP contribution in [0.1, 0.15) is 21.0 Å². The van der Waals surface area contributed by atoms with Crippen molar-refractivity contribution in [2.45, 2.75) is 13.3 Å². The smallest absolute Gasteiger partial charge is 0.221 e. The van der Waals surface area contributed by atoms with E-state index in [9.17, 15) is 9.59 Å². The molecule has 1 aromatic rings. The van der Waals surface area contributed by atoms with E-state index in [1.165, 1.54) is 11.3 Å². The predicted octanol–water partition coefficient (Wildman–Crippen LogP) is 1.05. The van der Waals surface area contributed by atoms with Crippen molar-refractivity contribution in [3.63, 3.8) is 0 Å². The van der Waals surface area contributed by atoms with Crippen molar-refractivity contribution in [2.75, 3.05) is 19.6 Å². The number of hydrogen-bond donors (Lipinski definition) is 1. The van der Waals surface area contributed by atoms with Crippen molar-refractivity contribution >= 4 is 23.0 Å². The second kappa shape index (κ2) is 4.98. The number of nitrogens with zero attached hydrogens (tertiary/aromatic N) is 1. The monoisotopic (exact) mass is 252 g/mol. The molecule has 1 atom stereocenters. The minimum Gasteiger partial charge on any atom is -0.369 e. The Morgan fingerprint density at radius 3 is 2.82 bits per heavy atom. The van der Waals surface area contributed by atoms with E-state index in [1.807, 2.05) is 24.0 Å². The standard InChI is InChI=1S/C12H16N2O2S/c1-8-2-3-11(17-8)10(15)7-14-5-4-9(6-14)12(13)16/h2-3,9H,4-7H2,1H3,(H2,13,16). The first-order valence-corrected chi connectivity index (χ1v) is 6.49. The number of Topliss-reactive ketones (excluding diaryl/α,β-unsaturated/α-hetero) is 1. The number of rotatable bonds is 4. The SMILES string of the molecule is Cc1ccc(C(=O)CN2CCC(C(N)=O)C2)s1. The largest absolute Gasteiger partial charge is 0.369 e. The molecular formula is C12H16N2O2S. The Bertz CT molecular complexity index is 441. The number of carbonyl (C=O) groups is 2. The van der Waals surface area contributed by atoms with Crippen LogP contribution in [0.5, 0.6) is 0 Å². The zero-order valence-corrected chi connectivity index (χ0v) is 10.6. The van der Waals surface area contributed by atoms with E-state index in [1.54, 1.807) is 0 Å². The maximum Gasteiger partial charge on any atom is 0.221 e. The number of hydrogen-bond acceptors (Lipinski definition) is 4. The highest BCUT2D eigenvalue weighted by Gasteiger charge is 2.27. The minimum atomic E-state index is -0.257. The second-order valence-electron chi connectivity index (χ2n) is 4.46. The highest BCUT2D eigenvalue weighted by molar-refractivity contribution is 7.14. The van der Waals surface area contributed by atoms with E-state index in [-0.39, 0.29) is 17.6 Å². The van der Waals surface area contributed by atoms with Crippen LogP contribution in [0.2, 0.25) is 0 Å². The van der Waals surface area contributed by atoms with Gasteiger partial charge in [-0.25, -0.2) is 0 Å². The number of aryl methyl sites for hydroxylation is 1. The molecule has 1 unspecified atom stereocenters. The molecule has 1 aromatic heterocycles. The second-order valence-corrected chi connectivity index (χ2v) is 5.74. The van der Waals surface area contributed by atoms with Crippen LogP contribution in [0.25, 0.3) is 0 Å². The fourth-order valence-corrected chi connectivity index (χ4v) is 2.87. The summed E-state index contributed by atoms with van der Waals surface area (Å²) in [6.45, 7) is 3.78. The molecule has 17 heavy (non-hydrogen) atoms. The van der Waals surface area contributed by atoms with Crippen molar-refractivity contribution in [2.24, 2.45) is 11.7 Å². The lowest BCUT2D eigenvalue weighted by Crippen LogP contribution is -2.30. The Morgan fingerprint density at radius 2 is 2.29 bits per heavy atom. The molecule has 0 aliphatic carbocycles. The normalized spacial score (nSPS) is 20.6. The van der Waals surface area contributed by atoms with E-state index in [4.69, 9.17) is 5.73 Å². The fraction of sp³-hybridized carbons (Fsp3) is 0.500. The average molecular weight is 252 g/mol. The van der Waals surface area contributed by atoms with E-state index in [2.05, 4.69) is 0 Å². The van der Waals surface area contributed by atoms with Crippen LogP contribution in [0.3, 0.4) is 0 Å². The van der Waals surface area contributed by atoms with E-state index >= 15 is 0 Å². The quantitative estimate of drug-likeness (QED) is 0.815. The van der Waals surface area contributed by atoms with Crippen LogP contribution in [0.4, 0.5) is 0 Å². The fourth-order valence-electron chi connectivity index (χ4n) is 2.07. The minimum absolute atomic E-state index is 0.0899. The highest BCUT2D eigenvalue weighted by Crippen LogP contribution is 2.19. The van der Waals surface area contributed by atoms with Gasteiger partial charge in [-0.05, 0) is 32.0 Å². The lowest BCUT2D eigenvalue weighted by Gasteiger charge is -2.13. The molecule has 0 aromatic carbocycles. The summed E-state index contributed by atoms with van der Waals surface area (Å²) in [4.78, 5) is 26.9. The Labute approximate surface area is 104 Å². The third-order valence-electron chi connectivity index (χ3n) is 3.06. The summed E-state index contributed by atoms with van der Waals surface area (Å²) in [5.74, 6) is -0.215. The molecule has 2 N–H and O–H groups in total. The van der Waals surface area contributed by atoms with Crippen molar-refractivity contribution in [3.8, 4) is 0 Å². The molecule has 0 radical (unpaired) electrons. The lowest BCUT2D eigenvalue weighted by atomic mass is 10.1. The molecule has 1 saturated heterocycles. The van der Waals surface area contributed by atoms with Crippen LogP contribution in [0.15, 0.2) is 12.1 Å². The summed E-state index contributed by atoms with van der Waals surface area (Å²) in [5, 5.41) is 0. The molecule has 0 spiro atoms. The summed E-state index contributed by atoms with van der Waals surface area (Å²) in [7, 11) is 0. The van der Waals surface area contributed by atoms with Crippen LogP contribution in [-0.2, 0) is 4.79 Å². The third-order valence-corrected chi connectivity index (χ3v) is 4.10. The molecule has 2 rings (SSSR count). The van der Waals surface area contributed by atoms with Crippen molar-refractivity contribution in [3.05, 3.63) is 21.9 Å². The summed E-state index contributed by atoms with van der Waals surface area (Å²) < 4.78 is 0. The number of carbonyl (C=O) groups excluding carboxylic acids is 2. The number of amides is 1. The van der Waals surface area contributed by atoms with Crippen LogP contribution >= 0.6 is 11.3 Å². The van der Waals surface area contributed by atoms with Gasteiger partial charge in [0.25, 0.3) is 0 Å². The Hall–Kier alpha value is -1.20. The first-order chi connectivity index (χ1) is 8.06. The van der Waals surface area contributed by atoms with Gasteiger partial charge in [-0.1, -0.05) is 0 Å². The maximum absolute atomic E-state index is 11.9. The molecule has 1 amide bonds. The zero-order valence-electron chi connectivity index (χ0n) is 9.81. The molecule has 1 aliphatic heterocycles. The Kier molecular flexibility index (Phi) is 3.59. The summed E-state index contributed by atoms with van der Waals surface area (Å²) in [6, 6.07) is 3.82. The van der Waals surface area contributed by atoms with Gasteiger partial charge in [0.05, 0.1) is 17.3 Å². The zero-order chi connectivity index (χ0) is 12.4. The highest BCUT2D eigenvalue weighted by atomic mass is 32.1. The molecule has 5 heteroatoms. The molecule has 2 heterocycles. The van der Waals surface area contributed by atoms with Crippen LogP contribution in [0, 0.1) is 12.8 Å². The van der Waals surface area contributed by atoms with Gasteiger partial charge in [-0.3, -0.25) is 14.5 Å². The van der Waals surface area contributed by atoms with Gasteiger partial charge in [0.15, 0.2) is 5.78 Å². The third kappa shape index (κ3) is 2.92. The van der Waals surface area contributed by atoms with Gasteiger partial charge in [0.2, 0.25) is 5.91 Å². The van der Waals surface area contributed by atoms with Gasteiger partial charge in [0, 0.05) is 11.4 Å². The molecule has 4 nitrogen and oxygen atoms in total. The molecule has 1 aliphatic rings. The maximum atomic E-state index is 11.9. The summed E-state index contributed by atoms with van der Waals surface area (Å²) >= 11 is 1.52. The first kappa shape index (κ1) is 12.3. The van der Waals surface area contributed by atoms with Gasteiger partial charge < -0.3 is 5.73 Å². The van der Waals surface area contributed by atoms with E-state index in [0.29, 0.717) is 13.1 Å². The van der Waals surface area contributed by atoms with Crippen molar-refractivity contribution < 1.29 is 9.59 Å². The molecule has 1 fully saturated rings. The van der Waals surface area contributed by atoms with Crippen LogP contribution in [-0.4, -0.2) is 36.2 Å². The van der Waals surface area contributed by atoms with Gasteiger partial charge in [-0.15, -0.1) is 11.3 Å². The predicted molar refractivity (Wildman–Crippen MR) is 67.1 cm³/mol. The number of likely N-dealkylation sites (tertiary alicyclic amines) is 1.